The first-order valence-electron chi connectivity index (χ1n) is 8.53. The zero-order valence-corrected chi connectivity index (χ0v) is 15.1. The second kappa shape index (κ2) is 9.46. The first-order chi connectivity index (χ1) is 12.4. The monoisotopic (exact) mass is 367 g/mol. The number of rotatable bonds is 9. The van der Waals surface area contributed by atoms with Gasteiger partial charge < -0.3 is 14.6 Å². The van der Waals surface area contributed by atoms with E-state index in [1.54, 1.807) is 24.1 Å². The van der Waals surface area contributed by atoms with E-state index in [0.29, 0.717) is 45.1 Å². The van der Waals surface area contributed by atoms with Gasteiger partial charge in [0.25, 0.3) is 5.69 Å². The molecule has 1 aromatic rings. The van der Waals surface area contributed by atoms with Crippen molar-refractivity contribution in [3.8, 4) is 5.75 Å². The Bertz CT molecular complexity index is 639. The Morgan fingerprint density at radius 1 is 1.54 bits per heavy atom. The lowest BCUT2D eigenvalue weighted by Crippen LogP contribution is -2.47. The van der Waals surface area contributed by atoms with Crippen molar-refractivity contribution < 1.29 is 24.3 Å². The number of nitro benzene ring substituents is 1. The van der Waals surface area contributed by atoms with Crippen LogP contribution in [0.5, 0.6) is 5.75 Å². The molecule has 0 saturated carbocycles. The fraction of sp³-hybridized carbons (Fsp3) is 0.588. The summed E-state index contributed by atoms with van der Waals surface area (Å²) in [6.07, 6.45) is -0.109. The lowest BCUT2D eigenvalue weighted by atomic mass is 10.1. The largest absolute Gasteiger partial charge is 0.494 e. The summed E-state index contributed by atoms with van der Waals surface area (Å²) >= 11 is 0. The molecule has 1 N–H and O–H groups in total. The first kappa shape index (κ1) is 20.1. The molecule has 26 heavy (non-hydrogen) atoms. The van der Waals surface area contributed by atoms with Gasteiger partial charge in [-0.25, -0.2) is 0 Å². The number of non-ortho nitro benzene ring substituents is 1. The molecule has 2 rings (SSSR count). The predicted molar refractivity (Wildman–Crippen MR) is 94.4 cm³/mol. The van der Waals surface area contributed by atoms with Gasteiger partial charge in [0.15, 0.2) is 0 Å². The quantitative estimate of drug-likeness (QED) is 0.513. The Balaban J connectivity index is 2.03. The van der Waals surface area contributed by atoms with Crippen LogP contribution in [0.4, 0.5) is 5.69 Å². The highest BCUT2D eigenvalue weighted by Gasteiger charge is 2.24. The summed E-state index contributed by atoms with van der Waals surface area (Å²) in [6, 6.07) is 4.62. The zero-order valence-electron chi connectivity index (χ0n) is 15.1. The Morgan fingerprint density at radius 2 is 2.31 bits per heavy atom. The number of hydrogen-bond donors (Lipinski definition) is 1. The molecular weight excluding hydrogens is 342 g/mol. The lowest BCUT2D eigenvalue weighted by molar-refractivity contribution is -0.385. The van der Waals surface area contributed by atoms with Crippen LogP contribution in [-0.2, 0) is 16.1 Å². The summed E-state index contributed by atoms with van der Waals surface area (Å²) in [4.78, 5) is 25.3. The molecule has 0 aliphatic carbocycles. The molecule has 0 bridgehead atoms. The predicted octanol–water partition coefficient (Wildman–Crippen LogP) is 1.21. The zero-order chi connectivity index (χ0) is 19.1. The van der Waals surface area contributed by atoms with Crippen LogP contribution in [0.25, 0.3) is 0 Å². The second-order valence-electron chi connectivity index (χ2n) is 6.30. The van der Waals surface area contributed by atoms with E-state index in [2.05, 4.69) is 4.90 Å². The molecular formula is C17H25N3O6. The number of morpholine rings is 1. The van der Waals surface area contributed by atoms with Crippen molar-refractivity contribution in [2.24, 2.45) is 0 Å². The third-order valence-electron chi connectivity index (χ3n) is 4.09. The van der Waals surface area contributed by atoms with Gasteiger partial charge in [-0.2, -0.15) is 0 Å². The highest BCUT2D eigenvalue weighted by Crippen LogP contribution is 2.26. The lowest BCUT2D eigenvalue weighted by Gasteiger charge is -2.34. The van der Waals surface area contributed by atoms with Crippen LogP contribution < -0.4 is 4.74 Å². The summed E-state index contributed by atoms with van der Waals surface area (Å²) in [5, 5.41) is 19.9. The molecule has 1 aliphatic rings. The standard InChI is InChI=1S/C17H25N3O6/c1-3-25-16-5-4-14(20(23)24)8-13(16)9-19-6-7-26-15(11-19)10-18(2)12-17(21)22/h4-5,8,15H,3,6-7,9-12H2,1-2H3,(H,21,22). The third-order valence-corrected chi connectivity index (χ3v) is 4.09. The average Bonchev–Trinajstić information content (AvgIpc) is 2.56. The van der Waals surface area contributed by atoms with Crippen molar-refractivity contribution in [2.75, 3.05) is 46.4 Å². The van der Waals surface area contributed by atoms with E-state index in [9.17, 15) is 14.9 Å². The van der Waals surface area contributed by atoms with E-state index in [4.69, 9.17) is 14.6 Å². The number of likely N-dealkylation sites (N-methyl/N-ethyl adjacent to an activating group) is 1. The highest BCUT2D eigenvalue weighted by atomic mass is 16.6. The molecule has 0 amide bonds. The van der Waals surface area contributed by atoms with Crippen LogP contribution in [-0.4, -0.2) is 78.3 Å². The highest BCUT2D eigenvalue weighted by molar-refractivity contribution is 5.69. The summed E-state index contributed by atoms with van der Waals surface area (Å²) in [6.45, 7) is 5.19. The van der Waals surface area contributed by atoms with Gasteiger partial charge >= 0.3 is 5.97 Å². The summed E-state index contributed by atoms with van der Waals surface area (Å²) in [7, 11) is 1.74. The summed E-state index contributed by atoms with van der Waals surface area (Å²) in [5.41, 5.74) is 0.801. The third kappa shape index (κ3) is 5.94. The molecule has 9 heteroatoms. The van der Waals surface area contributed by atoms with E-state index in [1.807, 2.05) is 6.92 Å². The number of nitrogens with zero attached hydrogens (tertiary/aromatic N) is 3. The topological polar surface area (TPSA) is 105 Å². The molecule has 0 radical (unpaired) electrons. The van der Waals surface area contributed by atoms with Crippen LogP contribution in [0.1, 0.15) is 12.5 Å². The molecule has 1 saturated heterocycles. The molecule has 0 spiro atoms. The number of nitro groups is 1. The van der Waals surface area contributed by atoms with E-state index in [-0.39, 0.29) is 18.3 Å². The van der Waals surface area contributed by atoms with Crippen LogP contribution in [0, 0.1) is 10.1 Å². The van der Waals surface area contributed by atoms with Gasteiger partial charge in [0, 0.05) is 43.9 Å². The second-order valence-corrected chi connectivity index (χ2v) is 6.30. The number of carbonyl (C=O) groups is 1. The Labute approximate surface area is 152 Å². The Hall–Kier alpha value is -2.23. The van der Waals surface area contributed by atoms with Crippen molar-refractivity contribution in [1.29, 1.82) is 0 Å². The summed E-state index contributed by atoms with van der Waals surface area (Å²) in [5.74, 6) is -0.234. The SMILES string of the molecule is CCOc1ccc([N+](=O)[O-])cc1CN1CCOC(CN(C)CC(=O)O)C1. The Morgan fingerprint density at radius 3 is 2.96 bits per heavy atom. The van der Waals surface area contributed by atoms with Crippen LogP contribution >= 0.6 is 0 Å². The maximum atomic E-state index is 11.1. The minimum absolute atomic E-state index is 0.0365. The molecule has 1 heterocycles. The molecule has 1 aromatic carbocycles. The van der Waals surface area contributed by atoms with Gasteiger partial charge in [-0.05, 0) is 20.0 Å². The van der Waals surface area contributed by atoms with Crippen molar-refractivity contribution >= 4 is 11.7 Å². The van der Waals surface area contributed by atoms with Crippen LogP contribution in [0.15, 0.2) is 18.2 Å². The molecule has 0 aromatic heterocycles. The smallest absolute Gasteiger partial charge is 0.317 e. The number of benzene rings is 1. The number of ether oxygens (including phenoxy) is 2. The molecule has 1 fully saturated rings. The van der Waals surface area contributed by atoms with Gasteiger partial charge in [0.2, 0.25) is 0 Å². The number of aliphatic carboxylic acids is 1. The maximum absolute atomic E-state index is 11.1. The van der Waals surface area contributed by atoms with Crippen molar-refractivity contribution in [3.63, 3.8) is 0 Å². The van der Waals surface area contributed by atoms with Crippen molar-refractivity contribution in [1.82, 2.24) is 9.80 Å². The van der Waals surface area contributed by atoms with Crippen LogP contribution in [0.2, 0.25) is 0 Å². The summed E-state index contributed by atoms with van der Waals surface area (Å²) < 4.78 is 11.3. The van der Waals surface area contributed by atoms with E-state index in [1.165, 1.54) is 6.07 Å². The molecule has 1 unspecified atom stereocenters. The Kier molecular flexibility index (Phi) is 7.31. The van der Waals surface area contributed by atoms with Crippen molar-refractivity contribution in [2.45, 2.75) is 19.6 Å². The maximum Gasteiger partial charge on any atom is 0.317 e. The minimum atomic E-state index is -0.877. The molecule has 9 nitrogen and oxygen atoms in total. The minimum Gasteiger partial charge on any atom is -0.494 e. The normalized spacial score (nSPS) is 18.0. The van der Waals surface area contributed by atoms with Gasteiger partial charge in [-0.1, -0.05) is 0 Å². The molecule has 144 valence electrons. The average molecular weight is 367 g/mol. The van der Waals surface area contributed by atoms with Gasteiger partial charge in [0.1, 0.15) is 5.75 Å². The van der Waals surface area contributed by atoms with Gasteiger partial charge in [-0.3, -0.25) is 24.7 Å². The van der Waals surface area contributed by atoms with E-state index < -0.39 is 10.9 Å². The number of carboxylic acid groups (broad SMARTS) is 1. The number of carboxylic acids is 1. The van der Waals surface area contributed by atoms with Crippen molar-refractivity contribution in [3.05, 3.63) is 33.9 Å². The van der Waals surface area contributed by atoms with E-state index >= 15 is 0 Å². The first-order valence-corrected chi connectivity index (χ1v) is 8.53. The molecule has 1 atom stereocenters. The number of hydrogen-bond acceptors (Lipinski definition) is 7. The fourth-order valence-electron chi connectivity index (χ4n) is 3.02. The van der Waals surface area contributed by atoms with Gasteiger partial charge in [0.05, 0.1) is 30.8 Å². The van der Waals surface area contributed by atoms with E-state index in [0.717, 1.165) is 5.56 Å². The molecule has 1 aliphatic heterocycles. The fourth-order valence-corrected chi connectivity index (χ4v) is 3.02. The van der Waals surface area contributed by atoms with Gasteiger partial charge in [-0.15, -0.1) is 0 Å². The van der Waals surface area contributed by atoms with Crippen LogP contribution in [0.3, 0.4) is 0 Å².